The lowest BCUT2D eigenvalue weighted by atomic mass is 10.3. The van der Waals surface area contributed by atoms with Crippen molar-refractivity contribution < 1.29 is 0 Å². The molecule has 1 N–H and O–H groups in total. The maximum Gasteiger partial charge on any atom is 0.332 e. The van der Waals surface area contributed by atoms with Crippen LogP contribution in [0.3, 0.4) is 0 Å². The van der Waals surface area contributed by atoms with Gasteiger partial charge in [-0.3, -0.25) is 13.9 Å². The molecule has 2 aromatic rings. The van der Waals surface area contributed by atoms with E-state index in [4.69, 9.17) is 0 Å². The van der Waals surface area contributed by atoms with Gasteiger partial charge < -0.3 is 9.88 Å². The Morgan fingerprint density at radius 1 is 1.00 bits per heavy atom. The molecular weight excluding hydrogens is 330 g/mol. The molecule has 7 heteroatoms. The second kappa shape index (κ2) is 9.71. The quantitative estimate of drug-likeness (QED) is 0.851. The van der Waals surface area contributed by atoms with E-state index in [-0.39, 0.29) is 11.2 Å². The van der Waals surface area contributed by atoms with Crippen LogP contribution in [-0.2, 0) is 27.1 Å². The van der Waals surface area contributed by atoms with E-state index in [9.17, 15) is 9.59 Å². The van der Waals surface area contributed by atoms with Gasteiger partial charge >= 0.3 is 5.69 Å². The molecule has 0 aliphatic heterocycles. The lowest BCUT2D eigenvalue weighted by Crippen LogP contribution is -2.37. The fourth-order valence-electron chi connectivity index (χ4n) is 2.99. The van der Waals surface area contributed by atoms with E-state index in [1.54, 1.807) is 7.05 Å². The number of aryl methyl sites for hydroxylation is 3. The summed E-state index contributed by atoms with van der Waals surface area (Å²) in [6, 6.07) is 1.25. The van der Waals surface area contributed by atoms with Crippen molar-refractivity contribution in [3.05, 3.63) is 26.7 Å². The van der Waals surface area contributed by atoms with Gasteiger partial charge in [-0.05, 0) is 6.42 Å². The van der Waals surface area contributed by atoms with Crippen LogP contribution in [0.4, 0.5) is 0 Å². The van der Waals surface area contributed by atoms with Crippen LogP contribution in [0.2, 0.25) is 0 Å². The largest absolute Gasteiger partial charge is 0.332 e. The molecule has 0 atom stereocenters. The zero-order valence-electron chi connectivity index (χ0n) is 17.6. The number of nitrogens with one attached hydrogen (secondary N) is 1. The molecule has 0 bridgehead atoms. The Labute approximate surface area is 156 Å². The summed E-state index contributed by atoms with van der Waals surface area (Å²) in [6.45, 7) is 13.5. The molecule has 0 saturated carbocycles. The minimum atomic E-state index is -0.333. The summed E-state index contributed by atoms with van der Waals surface area (Å²) in [5.41, 5.74) is 0.428. The minimum absolute atomic E-state index is 0.263. The fourth-order valence-corrected chi connectivity index (χ4v) is 2.99. The Bertz CT molecular complexity index is 821. The summed E-state index contributed by atoms with van der Waals surface area (Å²) in [7, 11) is 3.16. The van der Waals surface area contributed by atoms with Crippen molar-refractivity contribution in [2.75, 3.05) is 0 Å². The van der Waals surface area contributed by atoms with Gasteiger partial charge in [-0.15, -0.1) is 0 Å². The number of fused-ring (bicyclic) bond motifs is 1. The molecule has 0 saturated heterocycles. The predicted molar refractivity (Wildman–Crippen MR) is 108 cm³/mol. The first-order valence-electron chi connectivity index (χ1n) is 9.56. The lowest BCUT2D eigenvalue weighted by molar-refractivity contribution is 0.518. The van der Waals surface area contributed by atoms with E-state index >= 15 is 0 Å². The normalized spacial score (nSPS) is 11.3. The Kier molecular flexibility index (Phi) is 8.27. The highest BCUT2D eigenvalue weighted by Crippen LogP contribution is 2.12. The van der Waals surface area contributed by atoms with Crippen molar-refractivity contribution in [3.8, 4) is 0 Å². The summed E-state index contributed by atoms with van der Waals surface area (Å²) in [4.78, 5) is 28.7. The van der Waals surface area contributed by atoms with Crippen molar-refractivity contribution in [1.29, 1.82) is 0 Å². The monoisotopic (exact) mass is 365 g/mol. The lowest BCUT2D eigenvalue weighted by Gasteiger charge is -2.10. The number of rotatable bonds is 6. The summed E-state index contributed by atoms with van der Waals surface area (Å²) < 4.78 is 4.55. The van der Waals surface area contributed by atoms with Crippen molar-refractivity contribution in [2.45, 2.75) is 79.4 Å². The van der Waals surface area contributed by atoms with E-state index in [1.807, 2.05) is 11.5 Å². The molecular formula is C19H35N5O2. The molecule has 2 heterocycles. The zero-order chi connectivity index (χ0) is 20.0. The molecule has 2 aromatic heterocycles. The summed E-state index contributed by atoms with van der Waals surface area (Å²) >= 11 is 0. The predicted octanol–water partition coefficient (Wildman–Crippen LogP) is 2.19. The van der Waals surface area contributed by atoms with Gasteiger partial charge in [0.1, 0.15) is 5.82 Å². The van der Waals surface area contributed by atoms with Crippen molar-refractivity contribution in [2.24, 2.45) is 14.1 Å². The van der Waals surface area contributed by atoms with Gasteiger partial charge in [0.15, 0.2) is 11.2 Å². The van der Waals surface area contributed by atoms with E-state index in [2.05, 4.69) is 44.9 Å². The summed E-state index contributed by atoms with van der Waals surface area (Å²) in [5.74, 6) is 0.863. The molecule has 0 unspecified atom stereocenters. The number of nitrogens with zero attached hydrogens (tertiary/aromatic N) is 4. The van der Waals surface area contributed by atoms with Crippen LogP contribution in [0.5, 0.6) is 0 Å². The van der Waals surface area contributed by atoms with Gasteiger partial charge in [-0.25, -0.2) is 9.78 Å². The maximum atomic E-state index is 12.3. The molecule has 0 radical (unpaired) electrons. The molecule has 0 amide bonds. The number of hydrogen-bond donors (Lipinski definition) is 1. The number of imidazole rings is 1. The first-order valence-corrected chi connectivity index (χ1v) is 9.56. The summed E-state index contributed by atoms with van der Waals surface area (Å²) in [5, 5.41) is 3.31. The van der Waals surface area contributed by atoms with E-state index < -0.39 is 0 Å². The third-order valence-corrected chi connectivity index (χ3v) is 4.15. The fraction of sp³-hybridized carbons (Fsp3) is 0.737. The van der Waals surface area contributed by atoms with Crippen LogP contribution < -0.4 is 16.6 Å². The van der Waals surface area contributed by atoms with Crippen LogP contribution in [0.15, 0.2) is 9.59 Å². The second-order valence-electron chi connectivity index (χ2n) is 7.24. The van der Waals surface area contributed by atoms with Gasteiger partial charge in [0.25, 0.3) is 5.56 Å². The average molecular weight is 366 g/mol. The van der Waals surface area contributed by atoms with Crippen LogP contribution in [0.25, 0.3) is 11.2 Å². The molecule has 0 aliphatic rings. The first kappa shape index (κ1) is 22.2. The van der Waals surface area contributed by atoms with Gasteiger partial charge in [-0.1, -0.05) is 48.0 Å². The number of hydrogen-bond acceptors (Lipinski definition) is 4. The maximum absolute atomic E-state index is 12.3. The van der Waals surface area contributed by atoms with Crippen molar-refractivity contribution in [3.63, 3.8) is 0 Å². The highest BCUT2D eigenvalue weighted by Gasteiger charge is 2.17. The van der Waals surface area contributed by atoms with Crippen LogP contribution in [0, 0.1) is 0 Å². The van der Waals surface area contributed by atoms with E-state index in [0.29, 0.717) is 23.2 Å². The van der Waals surface area contributed by atoms with E-state index in [1.165, 1.54) is 11.6 Å². The third-order valence-electron chi connectivity index (χ3n) is 4.15. The van der Waals surface area contributed by atoms with E-state index in [0.717, 1.165) is 36.2 Å². The molecule has 148 valence electrons. The molecule has 0 aromatic carbocycles. The molecule has 0 aliphatic carbocycles. The van der Waals surface area contributed by atoms with Crippen LogP contribution >= 0.6 is 0 Å². The summed E-state index contributed by atoms with van der Waals surface area (Å²) in [6.07, 6.45) is 2.79. The van der Waals surface area contributed by atoms with Gasteiger partial charge in [0.05, 0.1) is 0 Å². The Morgan fingerprint density at radius 2 is 1.58 bits per heavy atom. The third kappa shape index (κ3) is 5.06. The highest BCUT2D eigenvalue weighted by molar-refractivity contribution is 5.71. The van der Waals surface area contributed by atoms with Crippen molar-refractivity contribution >= 4 is 11.2 Å². The Balaban J connectivity index is 0.000000412. The second-order valence-corrected chi connectivity index (χ2v) is 7.24. The molecule has 2 rings (SSSR count). The zero-order valence-corrected chi connectivity index (χ0v) is 17.6. The highest BCUT2D eigenvalue weighted by atomic mass is 16.2. The average Bonchev–Trinajstić information content (AvgIpc) is 2.94. The minimum Gasteiger partial charge on any atom is -0.322 e. The van der Waals surface area contributed by atoms with Crippen LogP contribution in [-0.4, -0.2) is 30.8 Å². The Hall–Kier alpha value is -1.89. The van der Waals surface area contributed by atoms with Gasteiger partial charge in [0.2, 0.25) is 0 Å². The standard InChI is InChI=1S/C13H20N4O2.C6H15N/c1-5-7-8-17-9(6-2)14-11-10(17)12(18)16(4)13(19)15(11)3;1-5(2)7-6(3)4/h5-8H2,1-4H3;5-7H,1-4H3. The van der Waals surface area contributed by atoms with Crippen LogP contribution in [0.1, 0.15) is 60.2 Å². The molecule has 7 nitrogen and oxygen atoms in total. The smallest absolute Gasteiger partial charge is 0.322 e. The Morgan fingerprint density at radius 3 is 2.00 bits per heavy atom. The molecule has 0 fully saturated rings. The SMILES string of the molecule is CC(C)NC(C)C.CCCCn1c(CC)nc2c1c(=O)n(C)c(=O)n2C. The van der Waals surface area contributed by atoms with Crippen molar-refractivity contribution in [1.82, 2.24) is 24.0 Å². The number of unbranched alkanes of at least 4 members (excludes halogenated alkanes) is 1. The van der Waals surface area contributed by atoms with Gasteiger partial charge in [0, 0.05) is 39.1 Å². The molecule has 0 spiro atoms. The first-order chi connectivity index (χ1) is 12.1. The number of aromatic nitrogens is 4. The van der Waals surface area contributed by atoms with Gasteiger partial charge in [-0.2, -0.15) is 0 Å². The molecule has 26 heavy (non-hydrogen) atoms. The topological polar surface area (TPSA) is 73.8 Å².